The molecule has 0 radical (unpaired) electrons. The van der Waals surface area contributed by atoms with Gasteiger partial charge in [-0.15, -0.1) is 0 Å². The van der Waals surface area contributed by atoms with E-state index in [0.717, 1.165) is 37.3 Å². The Morgan fingerprint density at radius 3 is 2.47 bits per heavy atom. The van der Waals surface area contributed by atoms with Crippen LogP contribution < -0.4 is 5.32 Å². The third kappa shape index (κ3) is 4.64. The van der Waals surface area contributed by atoms with E-state index in [1.165, 1.54) is 0 Å². The molecule has 2 aromatic carbocycles. The minimum Gasteiger partial charge on any atom is -0.349 e. The molecule has 1 amide bonds. The van der Waals surface area contributed by atoms with Crippen LogP contribution in [0.5, 0.6) is 0 Å². The van der Waals surface area contributed by atoms with Gasteiger partial charge in [-0.3, -0.25) is 9.69 Å². The Morgan fingerprint density at radius 2 is 1.80 bits per heavy atom. The first kappa shape index (κ1) is 20.8. The van der Waals surface area contributed by atoms with Gasteiger partial charge in [0.15, 0.2) is 10.6 Å². The molecule has 6 nitrogen and oxygen atoms in total. The number of aromatic nitrogens is 3. The standard InChI is InChI=1S/C22H24ClN5OS/c1-26-20(16-7-9-18(23)10-8-16)25-28(22(26)30)15-27-13-11-19(12-14-27)24-21(29)17-5-3-2-4-6-17/h2-10,19H,11-15H2,1H3,(H,24,29). The van der Waals surface area contributed by atoms with Crippen LogP contribution >= 0.6 is 23.8 Å². The summed E-state index contributed by atoms with van der Waals surface area (Å²) in [5.41, 5.74) is 1.68. The second kappa shape index (κ2) is 9.12. The molecule has 1 aromatic heterocycles. The first-order chi connectivity index (χ1) is 14.5. The van der Waals surface area contributed by atoms with Gasteiger partial charge in [-0.2, -0.15) is 5.10 Å². The highest BCUT2D eigenvalue weighted by molar-refractivity contribution is 7.71. The zero-order chi connectivity index (χ0) is 21.1. The Bertz CT molecular complexity index is 1070. The third-order valence-electron chi connectivity index (χ3n) is 5.44. The van der Waals surface area contributed by atoms with E-state index in [0.29, 0.717) is 22.0 Å². The van der Waals surface area contributed by atoms with Crippen LogP contribution in [-0.2, 0) is 13.7 Å². The van der Waals surface area contributed by atoms with Crippen molar-refractivity contribution in [2.45, 2.75) is 25.6 Å². The number of hydrogen-bond donors (Lipinski definition) is 1. The summed E-state index contributed by atoms with van der Waals surface area (Å²) in [6, 6.07) is 17.2. The summed E-state index contributed by atoms with van der Waals surface area (Å²) >= 11 is 11.6. The Kier molecular flexibility index (Phi) is 6.32. The molecule has 2 heterocycles. The molecule has 0 aliphatic carbocycles. The summed E-state index contributed by atoms with van der Waals surface area (Å²) in [6.45, 7) is 2.41. The largest absolute Gasteiger partial charge is 0.349 e. The van der Waals surface area contributed by atoms with Gasteiger partial charge in [0.05, 0.1) is 6.67 Å². The van der Waals surface area contributed by atoms with Crippen molar-refractivity contribution in [2.75, 3.05) is 13.1 Å². The van der Waals surface area contributed by atoms with Crippen LogP contribution in [0.2, 0.25) is 5.02 Å². The Morgan fingerprint density at radius 1 is 1.13 bits per heavy atom. The quantitative estimate of drug-likeness (QED) is 0.605. The van der Waals surface area contributed by atoms with Crippen molar-refractivity contribution in [3.63, 3.8) is 0 Å². The number of amides is 1. The molecule has 0 spiro atoms. The van der Waals surface area contributed by atoms with Gasteiger partial charge in [0.1, 0.15) is 0 Å². The first-order valence-electron chi connectivity index (χ1n) is 9.99. The lowest BCUT2D eigenvalue weighted by Gasteiger charge is -2.32. The normalized spacial score (nSPS) is 15.3. The second-order valence-corrected chi connectivity index (χ2v) is 8.35. The van der Waals surface area contributed by atoms with E-state index in [2.05, 4.69) is 10.2 Å². The Balaban J connectivity index is 1.36. The zero-order valence-electron chi connectivity index (χ0n) is 16.8. The summed E-state index contributed by atoms with van der Waals surface area (Å²) in [6.07, 6.45) is 1.81. The molecule has 0 bridgehead atoms. The number of nitrogens with one attached hydrogen (secondary N) is 1. The number of carbonyl (C=O) groups is 1. The van der Waals surface area contributed by atoms with Crippen LogP contribution in [0.4, 0.5) is 0 Å². The van der Waals surface area contributed by atoms with Gasteiger partial charge in [0.2, 0.25) is 0 Å². The van der Waals surface area contributed by atoms with E-state index in [1.54, 1.807) is 0 Å². The number of benzene rings is 2. The molecule has 0 atom stereocenters. The monoisotopic (exact) mass is 441 g/mol. The van der Waals surface area contributed by atoms with Crippen molar-refractivity contribution in [1.29, 1.82) is 0 Å². The number of hydrogen-bond acceptors (Lipinski definition) is 4. The van der Waals surface area contributed by atoms with Crippen LogP contribution in [0.3, 0.4) is 0 Å². The summed E-state index contributed by atoms with van der Waals surface area (Å²) in [5, 5.41) is 8.57. The molecular weight excluding hydrogens is 418 g/mol. The summed E-state index contributed by atoms with van der Waals surface area (Å²) in [5.74, 6) is 0.815. The number of halogens is 1. The Hall–Kier alpha value is -2.48. The van der Waals surface area contributed by atoms with Crippen molar-refractivity contribution < 1.29 is 4.79 Å². The number of nitrogens with zero attached hydrogens (tertiary/aromatic N) is 4. The molecular formula is C22H24ClN5OS. The molecule has 1 saturated heterocycles. The zero-order valence-corrected chi connectivity index (χ0v) is 18.4. The van der Waals surface area contributed by atoms with Gasteiger partial charge >= 0.3 is 0 Å². The first-order valence-corrected chi connectivity index (χ1v) is 10.8. The van der Waals surface area contributed by atoms with Crippen molar-refractivity contribution in [3.05, 3.63) is 70.0 Å². The van der Waals surface area contributed by atoms with Crippen molar-refractivity contribution in [1.82, 2.24) is 24.6 Å². The molecule has 1 aliphatic rings. The maximum Gasteiger partial charge on any atom is 0.251 e. The van der Waals surface area contributed by atoms with E-state index < -0.39 is 0 Å². The minimum atomic E-state index is -0.00592. The van der Waals surface area contributed by atoms with Gasteiger partial charge in [0, 0.05) is 42.3 Å². The van der Waals surface area contributed by atoms with Crippen molar-refractivity contribution in [3.8, 4) is 11.4 Å². The SMILES string of the molecule is Cn1c(-c2ccc(Cl)cc2)nn(CN2CCC(NC(=O)c3ccccc3)CC2)c1=S. The van der Waals surface area contributed by atoms with Crippen LogP contribution in [0.15, 0.2) is 54.6 Å². The molecule has 4 rings (SSSR count). The van der Waals surface area contributed by atoms with Crippen LogP contribution in [0.25, 0.3) is 11.4 Å². The molecule has 30 heavy (non-hydrogen) atoms. The van der Waals surface area contributed by atoms with E-state index in [1.807, 2.05) is 70.9 Å². The van der Waals surface area contributed by atoms with Gasteiger partial charge in [-0.05, 0) is 61.5 Å². The Labute approximate surface area is 186 Å². The van der Waals surface area contributed by atoms with Gasteiger partial charge in [-0.25, -0.2) is 4.68 Å². The molecule has 0 saturated carbocycles. The average molecular weight is 442 g/mol. The summed E-state index contributed by atoms with van der Waals surface area (Å²) in [7, 11) is 1.93. The lowest BCUT2D eigenvalue weighted by Crippen LogP contribution is -2.45. The molecule has 8 heteroatoms. The highest BCUT2D eigenvalue weighted by Gasteiger charge is 2.22. The fourth-order valence-electron chi connectivity index (χ4n) is 3.70. The predicted molar refractivity (Wildman–Crippen MR) is 121 cm³/mol. The number of rotatable bonds is 5. The molecule has 1 N–H and O–H groups in total. The minimum absolute atomic E-state index is 0.00592. The molecule has 156 valence electrons. The van der Waals surface area contributed by atoms with Crippen LogP contribution in [0.1, 0.15) is 23.2 Å². The van der Waals surface area contributed by atoms with Crippen LogP contribution in [-0.4, -0.2) is 44.3 Å². The highest BCUT2D eigenvalue weighted by Crippen LogP contribution is 2.20. The molecule has 0 unspecified atom stereocenters. The predicted octanol–water partition coefficient (Wildman–Crippen LogP) is 4.12. The highest BCUT2D eigenvalue weighted by atomic mass is 35.5. The third-order valence-corrected chi connectivity index (χ3v) is 6.17. The topological polar surface area (TPSA) is 55.1 Å². The molecule has 1 fully saturated rings. The maximum absolute atomic E-state index is 12.4. The van der Waals surface area contributed by atoms with E-state index >= 15 is 0 Å². The number of piperidine rings is 1. The van der Waals surface area contributed by atoms with E-state index in [4.69, 9.17) is 28.9 Å². The fraction of sp³-hybridized carbons (Fsp3) is 0.318. The van der Waals surface area contributed by atoms with Crippen molar-refractivity contribution in [2.24, 2.45) is 7.05 Å². The second-order valence-electron chi connectivity index (χ2n) is 7.54. The molecule has 3 aromatic rings. The average Bonchev–Trinajstić information content (AvgIpc) is 3.05. The van der Waals surface area contributed by atoms with Gasteiger partial charge < -0.3 is 9.88 Å². The fourth-order valence-corrected chi connectivity index (χ4v) is 4.01. The van der Waals surface area contributed by atoms with E-state index in [-0.39, 0.29) is 11.9 Å². The number of carbonyl (C=O) groups excluding carboxylic acids is 1. The summed E-state index contributed by atoms with van der Waals surface area (Å²) < 4.78 is 4.47. The molecule has 1 aliphatic heterocycles. The maximum atomic E-state index is 12.4. The van der Waals surface area contributed by atoms with E-state index in [9.17, 15) is 4.79 Å². The number of likely N-dealkylation sites (tertiary alicyclic amines) is 1. The van der Waals surface area contributed by atoms with Crippen LogP contribution in [0, 0.1) is 4.77 Å². The van der Waals surface area contributed by atoms with Crippen molar-refractivity contribution >= 4 is 29.7 Å². The lowest BCUT2D eigenvalue weighted by atomic mass is 10.0. The van der Waals surface area contributed by atoms with Gasteiger partial charge in [0.25, 0.3) is 5.91 Å². The lowest BCUT2D eigenvalue weighted by molar-refractivity contribution is 0.0896. The summed E-state index contributed by atoms with van der Waals surface area (Å²) in [4.78, 5) is 14.7. The smallest absolute Gasteiger partial charge is 0.251 e. The van der Waals surface area contributed by atoms with Gasteiger partial charge in [-0.1, -0.05) is 29.8 Å².